The van der Waals surface area contributed by atoms with Crippen LogP contribution in [-0.2, 0) is 0 Å². The summed E-state index contributed by atoms with van der Waals surface area (Å²) in [7, 11) is 0. The maximum absolute atomic E-state index is 3.97. The van der Waals surface area contributed by atoms with Gasteiger partial charge in [0.2, 0.25) is 0 Å². The van der Waals surface area contributed by atoms with Crippen molar-refractivity contribution >= 4 is 69.5 Å². The molecule has 3 aromatic carbocycles. The van der Waals surface area contributed by atoms with Crippen LogP contribution in [0.25, 0.3) is 24.3 Å². The van der Waals surface area contributed by atoms with Crippen LogP contribution in [0.15, 0.2) is 134 Å². The van der Waals surface area contributed by atoms with Crippen molar-refractivity contribution in [3.8, 4) is 19.7 Å². The normalized spacial score (nSPS) is 9.65. The third kappa shape index (κ3) is 12.3. The van der Waals surface area contributed by atoms with Gasteiger partial charge >= 0.3 is 0 Å². The van der Waals surface area contributed by atoms with E-state index in [0.717, 1.165) is 11.1 Å². The number of nitrogens with zero attached hydrogens (tertiary/aromatic N) is 2. The second-order valence-corrected chi connectivity index (χ2v) is 9.11. The smallest absolute Gasteiger partial charge is 0.0410 e. The Hall–Kier alpha value is -3.98. The average Bonchev–Trinajstić information content (AvgIpc) is 3.03. The van der Waals surface area contributed by atoms with Gasteiger partial charge in [0.25, 0.3) is 0 Å². The Balaban J connectivity index is 0.000000166. The van der Waals surface area contributed by atoms with Gasteiger partial charge in [0, 0.05) is 81.1 Å². The predicted molar refractivity (Wildman–Crippen MR) is 187 cm³/mol. The zero-order valence-corrected chi connectivity index (χ0v) is 26.0. The molecule has 0 N–H and O–H groups in total. The fraction of sp³-hybridized carbons (Fsp3) is 0. The van der Waals surface area contributed by atoms with Crippen LogP contribution in [0.1, 0.15) is 33.4 Å². The lowest BCUT2D eigenvalue weighted by Gasteiger charge is -1.92. The Morgan fingerprint density at radius 2 is 0.700 bits per heavy atom. The standard InChI is InChI=1S/2C13H11N.C10H4I2/c2*1-2-4-12(5-3-1)6-7-13-8-10-14-11-9-13;11-7-5-9-3-1-2-4-10(9)6-8-12/h2*1-11H;1-4H/b2*7-6+;. The highest BCUT2D eigenvalue weighted by molar-refractivity contribution is 14.1. The van der Waals surface area contributed by atoms with Crippen LogP contribution in [0.3, 0.4) is 0 Å². The van der Waals surface area contributed by atoms with E-state index in [0.29, 0.717) is 0 Å². The summed E-state index contributed by atoms with van der Waals surface area (Å²) in [5.74, 6) is 5.98. The van der Waals surface area contributed by atoms with Crippen molar-refractivity contribution in [1.82, 2.24) is 9.97 Å². The van der Waals surface area contributed by atoms with Crippen LogP contribution in [0.4, 0.5) is 0 Å². The molecule has 0 amide bonds. The zero-order valence-electron chi connectivity index (χ0n) is 21.7. The third-order valence-corrected chi connectivity index (χ3v) is 5.78. The number of aromatic nitrogens is 2. The van der Waals surface area contributed by atoms with E-state index in [4.69, 9.17) is 0 Å². The molecule has 0 unspecified atom stereocenters. The maximum atomic E-state index is 3.97. The third-order valence-electron chi connectivity index (χ3n) is 5.24. The molecule has 5 aromatic rings. The molecule has 0 saturated carbocycles. The van der Waals surface area contributed by atoms with Gasteiger partial charge in [0.15, 0.2) is 0 Å². The van der Waals surface area contributed by atoms with Crippen LogP contribution in [0, 0.1) is 19.7 Å². The minimum absolute atomic E-state index is 0.996. The average molecular weight is 740 g/mol. The van der Waals surface area contributed by atoms with E-state index in [1.165, 1.54) is 22.3 Å². The van der Waals surface area contributed by atoms with Gasteiger partial charge in [0.05, 0.1) is 0 Å². The summed E-state index contributed by atoms with van der Waals surface area (Å²) in [6.45, 7) is 0. The van der Waals surface area contributed by atoms with E-state index in [2.05, 4.69) is 78.2 Å². The SMILES string of the molecule is C(=C\c1ccncc1)/c1ccccc1.C(=C\c1ccncc1)/c1ccccc1.IC#Cc1ccccc1C#CI. The van der Waals surface area contributed by atoms with Gasteiger partial charge in [-0.1, -0.05) is 109 Å². The first-order valence-corrected chi connectivity index (χ1v) is 14.5. The van der Waals surface area contributed by atoms with Gasteiger partial charge in [-0.05, 0) is 66.5 Å². The quantitative estimate of drug-likeness (QED) is 0.136. The molecule has 0 fully saturated rings. The van der Waals surface area contributed by atoms with Crippen molar-refractivity contribution in [1.29, 1.82) is 0 Å². The summed E-state index contributed by atoms with van der Waals surface area (Å²) >= 11 is 4.05. The van der Waals surface area contributed by atoms with Crippen molar-refractivity contribution in [2.75, 3.05) is 0 Å². The van der Waals surface area contributed by atoms with Crippen molar-refractivity contribution in [3.05, 3.63) is 167 Å². The molecule has 2 heterocycles. The largest absolute Gasteiger partial charge is 0.265 e. The molecule has 5 rings (SSSR count). The summed E-state index contributed by atoms with van der Waals surface area (Å²) in [5, 5.41) is 0. The van der Waals surface area contributed by atoms with Crippen molar-refractivity contribution in [2.45, 2.75) is 0 Å². The Morgan fingerprint density at radius 3 is 1.02 bits per heavy atom. The molecule has 0 aliphatic heterocycles. The summed E-state index contributed by atoms with van der Waals surface area (Å²) in [5.41, 5.74) is 6.76. The van der Waals surface area contributed by atoms with Gasteiger partial charge in [-0.25, -0.2) is 0 Å². The molecule has 4 heteroatoms. The first-order valence-electron chi connectivity index (χ1n) is 12.4. The lowest BCUT2D eigenvalue weighted by molar-refractivity contribution is 1.32. The Morgan fingerprint density at radius 1 is 0.400 bits per heavy atom. The second kappa shape index (κ2) is 19.1. The molecule has 194 valence electrons. The van der Waals surface area contributed by atoms with E-state index >= 15 is 0 Å². The van der Waals surface area contributed by atoms with Gasteiger partial charge in [-0.2, -0.15) is 0 Å². The predicted octanol–water partition coefficient (Wildman–Crippen LogP) is 9.68. The van der Waals surface area contributed by atoms with Crippen molar-refractivity contribution < 1.29 is 0 Å². The number of rotatable bonds is 4. The topological polar surface area (TPSA) is 25.8 Å². The van der Waals surface area contributed by atoms with Crippen LogP contribution in [0.5, 0.6) is 0 Å². The fourth-order valence-corrected chi connectivity index (χ4v) is 3.85. The summed E-state index contributed by atoms with van der Waals surface area (Å²) in [6, 6.07) is 36.3. The number of halogens is 2. The molecular formula is C36H26I2N2. The zero-order chi connectivity index (χ0) is 28.1. The van der Waals surface area contributed by atoms with E-state index in [1.807, 2.05) is 130 Å². The maximum Gasteiger partial charge on any atom is 0.0410 e. The van der Waals surface area contributed by atoms with Crippen LogP contribution < -0.4 is 0 Å². The highest BCUT2D eigenvalue weighted by Gasteiger charge is 1.92. The van der Waals surface area contributed by atoms with Crippen molar-refractivity contribution in [2.24, 2.45) is 0 Å². The number of hydrogen-bond donors (Lipinski definition) is 0. The molecule has 40 heavy (non-hydrogen) atoms. The molecular weight excluding hydrogens is 714 g/mol. The van der Waals surface area contributed by atoms with Crippen LogP contribution in [0.2, 0.25) is 0 Å². The fourth-order valence-electron chi connectivity index (χ4n) is 3.27. The van der Waals surface area contributed by atoms with Gasteiger partial charge in [-0.3, -0.25) is 9.97 Å². The van der Waals surface area contributed by atoms with Crippen LogP contribution in [-0.4, -0.2) is 9.97 Å². The summed E-state index contributed by atoms with van der Waals surface area (Å²) in [4.78, 5) is 7.93. The first kappa shape index (κ1) is 30.6. The number of hydrogen-bond acceptors (Lipinski definition) is 2. The Labute approximate surface area is 264 Å². The van der Waals surface area contributed by atoms with E-state index in [9.17, 15) is 0 Å². The van der Waals surface area contributed by atoms with Gasteiger partial charge in [-0.15, -0.1) is 0 Å². The summed E-state index contributed by atoms with van der Waals surface area (Å²) < 4.78 is 5.67. The molecule has 0 spiro atoms. The first-order chi connectivity index (χ1) is 19.8. The highest BCUT2D eigenvalue weighted by atomic mass is 127. The molecule has 0 radical (unpaired) electrons. The molecule has 0 saturated heterocycles. The lowest BCUT2D eigenvalue weighted by atomic mass is 10.1. The Kier molecular flexibility index (Phi) is 14.6. The van der Waals surface area contributed by atoms with Crippen molar-refractivity contribution in [3.63, 3.8) is 0 Å². The summed E-state index contributed by atoms with van der Waals surface area (Å²) in [6.07, 6.45) is 15.5. The molecule has 0 bridgehead atoms. The molecule has 0 atom stereocenters. The molecule has 0 aliphatic rings. The molecule has 2 aromatic heterocycles. The Bertz CT molecular complexity index is 1390. The number of pyridine rings is 2. The molecule has 0 aliphatic carbocycles. The van der Waals surface area contributed by atoms with Gasteiger partial charge in [0.1, 0.15) is 0 Å². The highest BCUT2D eigenvalue weighted by Crippen LogP contribution is 2.08. The number of benzene rings is 3. The monoisotopic (exact) mass is 740 g/mol. The molecule has 2 nitrogen and oxygen atoms in total. The minimum Gasteiger partial charge on any atom is -0.265 e. The minimum atomic E-state index is 0.996. The second-order valence-electron chi connectivity index (χ2n) is 8.03. The van der Waals surface area contributed by atoms with E-state index in [1.54, 1.807) is 24.8 Å². The lowest BCUT2D eigenvalue weighted by Crippen LogP contribution is -1.80. The van der Waals surface area contributed by atoms with Gasteiger partial charge < -0.3 is 0 Å². The van der Waals surface area contributed by atoms with E-state index in [-0.39, 0.29) is 0 Å². The van der Waals surface area contributed by atoms with E-state index < -0.39 is 0 Å². The van der Waals surface area contributed by atoms with Crippen LogP contribution >= 0.6 is 45.2 Å².